The van der Waals surface area contributed by atoms with Gasteiger partial charge in [-0.15, -0.1) is 0 Å². The van der Waals surface area contributed by atoms with E-state index in [0.29, 0.717) is 5.54 Å². The normalized spacial score (nSPS) is 27.8. The Balaban J connectivity index is 1.73. The Morgan fingerprint density at radius 2 is 1.32 bits per heavy atom. The Hall–Kier alpha value is -1.40. The van der Waals surface area contributed by atoms with Gasteiger partial charge in [0.05, 0.1) is 11.2 Å². The molecule has 2 aromatic rings. The van der Waals surface area contributed by atoms with Gasteiger partial charge in [0.25, 0.3) is 8.32 Å². The van der Waals surface area contributed by atoms with Crippen LogP contribution in [-0.4, -0.2) is 32.7 Å². The summed E-state index contributed by atoms with van der Waals surface area (Å²) >= 11 is 0. The molecule has 148 valence electrons. The minimum atomic E-state index is -2.40. The highest BCUT2D eigenvalue weighted by atomic mass is 28.4. The predicted molar refractivity (Wildman–Crippen MR) is 118 cm³/mol. The van der Waals surface area contributed by atoms with E-state index in [2.05, 4.69) is 95.3 Å². The van der Waals surface area contributed by atoms with Crippen LogP contribution < -0.4 is 10.4 Å². The van der Waals surface area contributed by atoms with E-state index in [4.69, 9.17) is 13.7 Å². The lowest BCUT2D eigenvalue weighted by Crippen LogP contribution is -2.61. The Morgan fingerprint density at radius 1 is 0.857 bits per heavy atom. The van der Waals surface area contributed by atoms with E-state index in [9.17, 15) is 0 Å². The number of rotatable bonds is 4. The Bertz CT molecular complexity index is 754. The maximum absolute atomic E-state index is 6.88. The van der Waals surface area contributed by atoms with E-state index >= 15 is 0 Å². The van der Waals surface area contributed by atoms with Gasteiger partial charge in [-0.2, -0.15) is 0 Å². The molecule has 0 unspecified atom stereocenters. The Labute approximate surface area is 170 Å². The van der Waals surface area contributed by atoms with Crippen LogP contribution >= 0.6 is 0 Å². The summed E-state index contributed by atoms with van der Waals surface area (Å²) in [6, 6.07) is 21.7. The predicted octanol–water partition coefficient (Wildman–Crippen LogP) is 4.02. The molecule has 0 bridgehead atoms. The molecule has 3 nitrogen and oxygen atoms in total. The average molecular weight is 394 g/mol. The maximum atomic E-state index is 6.88. The van der Waals surface area contributed by atoms with Gasteiger partial charge in [-0.05, 0) is 63.3 Å². The summed E-state index contributed by atoms with van der Waals surface area (Å²) in [5.74, 6) is 0. The fourth-order valence-corrected chi connectivity index (χ4v) is 9.76. The van der Waals surface area contributed by atoms with Crippen molar-refractivity contribution in [3.05, 3.63) is 60.7 Å². The van der Waals surface area contributed by atoms with Crippen LogP contribution in [0.25, 0.3) is 0 Å². The number of benzene rings is 2. The molecule has 0 aliphatic carbocycles. The molecule has 0 N–H and O–H groups in total. The highest BCUT2D eigenvalue weighted by molar-refractivity contribution is 6.99. The third kappa shape index (κ3) is 3.28. The van der Waals surface area contributed by atoms with Crippen molar-refractivity contribution < 1.29 is 13.7 Å². The quantitative estimate of drug-likeness (QED) is 0.734. The molecule has 0 spiro atoms. The molecule has 2 fully saturated rings. The molecule has 2 atom stereocenters. The molecule has 2 aliphatic rings. The van der Waals surface area contributed by atoms with Crippen molar-refractivity contribution in [1.29, 1.82) is 0 Å². The molecule has 2 aromatic carbocycles. The van der Waals surface area contributed by atoms with Crippen LogP contribution in [-0.2, 0) is 13.7 Å². The first kappa shape index (κ1) is 19.9. The minimum absolute atomic E-state index is 0.191. The monoisotopic (exact) mass is 394 g/mol. The van der Waals surface area contributed by atoms with Crippen molar-refractivity contribution in [3.63, 3.8) is 0 Å². The summed E-state index contributed by atoms with van der Waals surface area (Å²) in [5, 5.41) is 2.68. The van der Waals surface area contributed by atoms with Gasteiger partial charge in [0, 0.05) is 6.10 Å². The largest absolute Gasteiger partial charge is 0.457 e. The first-order valence-corrected chi connectivity index (χ1v) is 12.4. The summed E-state index contributed by atoms with van der Waals surface area (Å²) in [4.78, 5) is 0. The van der Waals surface area contributed by atoms with E-state index in [1.165, 1.54) is 10.4 Å². The third-order valence-electron chi connectivity index (χ3n) is 6.76. The lowest BCUT2D eigenvalue weighted by Gasteiger charge is -2.33. The lowest BCUT2D eigenvalue weighted by atomic mass is 9.81. The van der Waals surface area contributed by atoms with Crippen LogP contribution in [0.5, 0.6) is 0 Å². The van der Waals surface area contributed by atoms with Crippen LogP contribution in [0.4, 0.5) is 0 Å². The van der Waals surface area contributed by atoms with E-state index in [1.807, 2.05) is 0 Å². The summed E-state index contributed by atoms with van der Waals surface area (Å²) in [7, 11) is -2.59. The smallest absolute Gasteiger partial charge is 0.405 e. The van der Waals surface area contributed by atoms with Gasteiger partial charge in [0.2, 0.25) is 0 Å². The SMILES string of the molecule is C[C@@H]1C[C@H](CB2OC(C)(C)C(C)(C)O2)[Si](c2ccccc2)(c2ccccc2)O1. The van der Waals surface area contributed by atoms with Crippen LogP contribution in [0.3, 0.4) is 0 Å². The van der Waals surface area contributed by atoms with E-state index in [-0.39, 0.29) is 24.4 Å². The minimum Gasteiger partial charge on any atom is -0.405 e. The van der Waals surface area contributed by atoms with Crippen molar-refractivity contribution in [3.8, 4) is 0 Å². The molecule has 0 amide bonds. The first-order chi connectivity index (χ1) is 13.2. The molecule has 28 heavy (non-hydrogen) atoms. The van der Waals surface area contributed by atoms with Gasteiger partial charge < -0.3 is 13.7 Å². The highest BCUT2D eigenvalue weighted by Gasteiger charge is 2.58. The van der Waals surface area contributed by atoms with E-state index in [1.54, 1.807) is 0 Å². The second-order valence-electron chi connectivity index (χ2n) is 9.25. The first-order valence-electron chi connectivity index (χ1n) is 10.4. The highest BCUT2D eigenvalue weighted by Crippen LogP contribution is 2.45. The van der Waals surface area contributed by atoms with Crippen molar-refractivity contribution in [2.45, 2.75) is 70.2 Å². The van der Waals surface area contributed by atoms with Gasteiger partial charge in [-0.3, -0.25) is 0 Å². The summed E-state index contributed by atoms with van der Waals surface area (Å²) in [6.07, 6.45) is 2.15. The lowest BCUT2D eigenvalue weighted by molar-refractivity contribution is 0.00578. The van der Waals surface area contributed by atoms with Crippen molar-refractivity contribution in [1.82, 2.24) is 0 Å². The standard InChI is InChI=1S/C23H31BO3Si/c1-18-16-21(17-24-26-22(2,3)23(4,5)27-24)28(25-18,19-12-8-6-9-13-19)20-14-10-7-11-15-20/h6-15,18,21H,16-17H2,1-5H3/t18-,21-/m1/s1. The zero-order valence-electron chi connectivity index (χ0n) is 17.6. The van der Waals surface area contributed by atoms with Gasteiger partial charge in [-0.25, -0.2) is 0 Å². The number of hydrogen-bond acceptors (Lipinski definition) is 3. The molecule has 4 rings (SSSR count). The van der Waals surface area contributed by atoms with Gasteiger partial charge in [-0.1, -0.05) is 60.7 Å². The van der Waals surface area contributed by atoms with Crippen molar-refractivity contribution >= 4 is 25.8 Å². The molecule has 2 heterocycles. The Morgan fingerprint density at radius 3 is 1.79 bits per heavy atom. The molecular weight excluding hydrogens is 363 g/mol. The molecule has 0 radical (unpaired) electrons. The zero-order valence-corrected chi connectivity index (χ0v) is 18.6. The van der Waals surface area contributed by atoms with Crippen LogP contribution in [0.15, 0.2) is 60.7 Å². The van der Waals surface area contributed by atoms with Gasteiger partial charge >= 0.3 is 7.12 Å². The molecule has 2 saturated heterocycles. The summed E-state index contributed by atoms with van der Waals surface area (Å²) in [6.45, 7) is 10.7. The molecule has 0 aromatic heterocycles. The molecule has 0 saturated carbocycles. The van der Waals surface area contributed by atoms with Crippen molar-refractivity contribution in [2.24, 2.45) is 0 Å². The summed E-state index contributed by atoms with van der Waals surface area (Å²) in [5.41, 5.74) is -0.194. The average Bonchev–Trinajstić information content (AvgIpc) is 3.09. The van der Waals surface area contributed by atoms with Crippen molar-refractivity contribution in [2.75, 3.05) is 0 Å². The fraction of sp³-hybridized carbons (Fsp3) is 0.478. The summed E-state index contributed by atoms with van der Waals surface area (Å²) < 4.78 is 19.6. The molecule has 2 aliphatic heterocycles. The second-order valence-corrected chi connectivity index (χ2v) is 12.9. The van der Waals surface area contributed by atoms with Crippen LogP contribution in [0.2, 0.25) is 11.9 Å². The Kier molecular flexibility index (Phi) is 5.07. The molecular formula is C23H31BO3Si. The maximum Gasteiger partial charge on any atom is 0.457 e. The fourth-order valence-electron chi connectivity index (χ4n) is 4.73. The second kappa shape index (κ2) is 7.14. The number of hydrogen-bond donors (Lipinski definition) is 0. The van der Waals surface area contributed by atoms with E-state index < -0.39 is 8.32 Å². The van der Waals surface area contributed by atoms with Gasteiger partial charge in [0.15, 0.2) is 0 Å². The van der Waals surface area contributed by atoms with Crippen LogP contribution in [0.1, 0.15) is 41.0 Å². The third-order valence-corrected chi connectivity index (χ3v) is 11.5. The topological polar surface area (TPSA) is 27.7 Å². The van der Waals surface area contributed by atoms with E-state index in [0.717, 1.165) is 12.7 Å². The van der Waals surface area contributed by atoms with Gasteiger partial charge in [0.1, 0.15) is 0 Å². The molecule has 5 heteroatoms. The van der Waals surface area contributed by atoms with Crippen LogP contribution in [0, 0.1) is 0 Å². The zero-order chi connectivity index (χ0) is 20.0.